The SMILES string of the molecule is O=C1NC(=O)[C@H]2[C@H]1[C@@H](c1ccccc1Cl)NN2Cc1ccccc1. The summed E-state index contributed by atoms with van der Waals surface area (Å²) in [6.45, 7) is 0.531. The van der Waals surface area contributed by atoms with Crippen LogP contribution in [0, 0.1) is 5.92 Å². The number of imide groups is 1. The molecular weight excluding hydrogens is 326 g/mol. The molecular formula is C18H16ClN3O2. The third kappa shape index (κ3) is 2.51. The topological polar surface area (TPSA) is 61.4 Å². The van der Waals surface area contributed by atoms with Gasteiger partial charge in [0.15, 0.2) is 0 Å². The Kier molecular flexibility index (Phi) is 3.84. The van der Waals surface area contributed by atoms with Crippen LogP contribution >= 0.6 is 11.6 Å². The van der Waals surface area contributed by atoms with Crippen molar-refractivity contribution in [1.82, 2.24) is 15.8 Å². The molecule has 2 saturated heterocycles. The zero-order chi connectivity index (χ0) is 16.7. The normalized spacial score (nSPS) is 26.5. The Morgan fingerprint density at radius 3 is 2.42 bits per heavy atom. The van der Waals surface area contributed by atoms with Crippen LogP contribution in [0.1, 0.15) is 17.2 Å². The van der Waals surface area contributed by atoms with E-state index in [0.717, 1.165) is 11.1 Å². The molecule has 3 atom stereocenters. The number of carbonyl (C=O) groups excluding carboxylic acids is 2. The Morgan fingerprint density at radius 1 is 0.958 bits per heavy atom. The summed E-state index contributed by atoms with van der Waals surface area (Å²) in [6, 6.07) is 16.4. The molecule has 5 nitrogen and oxygen atoms in total. The van der Waals surface area contributed by atoms with Gasteiger partial charge in [-0.3, -0.25) is 14.9 Å². The van der Waals surface area contributed by atoms with E-state index < -0.39 is 12.0 Å². The van der Waals surface area contributed by atoms with Crippen molar-refractivity contribution in [2.24, 2.45) is 5.92 Å². The largest absolute Gasteiger partial charge is 0.295 e. The number of amides is 2. The molecule has 0 saturated carbocycles. The average Bonchev–Trinajstić information content (AvgIpc) is 3.09. The number of hydrazine groups is 1. The van der Waals surface area contributed by atoms with E-state index in [1.807, 2.05) is 53.5 Å². The van der Waals surface area contributed by atoms with Crippen LogP contribution in [-0.4, -0.2) is 22.9 Å². The van der Waals surface area contributed by atoms with Crippen molar-refractivity contribution in [2.45, 2.75) is 18.6 Å². The number of hydrogen-bond donors (Lipinski definition) is 2. The second kappa shape index (κ2) is 6.02. The molecule has 6 heteroatoms. The van der Waals surface area contributed by atoms with Crippen LogP contribution in [0.2, 0.25) is 5.02 Å². The van der Waals surface area contributed by atoms with Gasteiger partial charge in [0.2, 0.25) is 11.8 Å². The fourth-order valence-electron chi connectivity index (χ4n) is 3.51. The van der Waals surface area contributed by atoms with Crippen LogP contribution < -0.4 is 10.7 Å². The number of benzene rings is 2. The van der Waals surface area contributed by atoms with E-state index in [-0.39, 0.29) is 17.9 Å². The Balaban J connectivity index is 1.69. The highest BCUT2D eigenvalue weighted by Gasteiger charge is 2.55. The van der Waals surface area contributed by atoms with E-state index >= 15 is 0 Å². The van der Waals surface area contributed by atoms with Crippen LogP contribution in [0.25, 0.3) is 0 Å². The highest BCUT2D eigenvalue weighted by atomic mass is 35.5. The zero-order valence-corrected chi connectivity index (χ0v) is 13.5. The van der Waals surface area contributed by atoms with E-state index in [9.17, 15) is 9.59 Å². The minimum atomic E-state index is -0.529. The molecule has 2 heterocycles. The van der Waals surface area contributed by atoms with Crippen molar-refractivity contribution >= 4 is 23.4 Å². The molecule has 0 radical (unpaired) electrons. The standard InChI is InChI=1S/C18H16ClN3O2/c19-13-9-5-4-8-12(13)15-14-16(18(24)20-17(14)23)22(21-15)10-11-6-2-1-3-7-11/h1-9,14-16,21H,10H2,(H,20,23,24)/t14-,15-,16-/m1/s1. The molecule has 0 aromatic heterocycles. The van der Waals surface area contributed by atoms with Gasteiger partial charge < -0.3 is 0 Å². The maximum absolute atomic E-state index is 12.3. The van der Waals surface area contributed by atoms with Gasteiger partial charge in [-0.1, -0.05) is 60.1 Å². The van der Waals surface area contributed by atoms with Crippen molar-refractivity contribution < 1.29 is 9.59 Å². The first-order valence-electron chi connectivity index (χ1n) is 7.81. The summed E-state index contributed by atoms with van der Waals surface area (Å²) >= 11 is 6.31. The van der Waals surface area contributed by atoms with Crippen LogP contribution in [0.5, 0.6) is 0 Å². The number of fused-ring (bicyclic) bond motifs is 1. The molecule has 0 spiro atoms. The van der Waals surface area contributed by atoms with E-state index in [0.29, 0.717) is 11.6 Å². The van der Waals surface area contributed by atoms with Crippen molar-refractivity contribution in [1.29, 1.82) is 0 Å². The van der Waals surface area contributed by atoms with E-state index in [2.05, 4.69) is 10.7 Å². The summed E-state index contributed by atoms with van der Waals surface area (Å²) in [5.74, 6) is -0.998. The molecule has 2 aromatic carbocycles. The average molecular weight is 342 g/mol. The molecule has 122 valence electrons. The molecule has 0 bridgehead atoms. The van der Waals surface area contributed by atoms with E-state index in [1.165, 1.54) is 0 Å². The minimum Gasteiger partial charge on any atom is -0.295 e. The predicted octanol–water partition coefficient (Wildman–Crippen LogP) is 2.04. The van der Waals surface area contributed by atoms with Gasteiger partial charge in [0.25, 0.3) is 0 Å². The fraction of sp³-hybridized carbons (Fsp3) is 0.222. The monoisotopic (exact) mass is 341 g/mol. The Bertz CT molecular complexity index is 796. The third-order valence-corrected chi connectivity index (χ3v) is 4.94. The second-order valence-electron chi connectivity index (χ2n) is 6.07. The first-order valence-corrected chi connectivity index (χ1v) is 8.19. The number of halogens is 1. The molecule has 2 aliphatic rings. The Labute approximate surface area is 144 Å². The smallest absolute Gasteiger partial charge is 0.246 e. The highest BCUT2D eigenvalue weighted by molar-refractivity contribution is 6.31. The van der Waals surface area contributed by atoms with E-state index in [1.54, 1.807) is 6.07 Å². The first-order chi connectivity index (χ1) is 11.6. The lowest BCUT2D eigenvalue weighted by Gasteiger charge is -2.22. The minimum absolute atomic E-state index is 0.252. The van der Waals surface area contributed by atoms with Crippen LogP contribution in [0.15, 0.2) is 54.6 Å². The summed E-state index contributed by atoms with van der Waals surface area (Å²) in [5, 5.41) is 4.88. The second-order valence-corrected chi connectivity index (χ2v) is 6.47. The Morgan fingerprint density at radius 2 is 1.67 bits per heavy atom. The van der Waals surface area contributed by atoms with E-state index in [4.69, 9.17) is 11.6 Å². The summed E-state index contributed by atoms with van der Waals surface area (Å²) < 4.78 is 0. The van der Waals surface area contributed by atoms with Gasteiger partial charge in [-0.25, -0.2) is 10.4 Å². The van der Waals surface area contributed by atoms with Crippen LogP contribution in [0.4, 0.5) is 0 Å². The zero-order valence-electron chi connectivity index (χ0n) is 12.8. The van der Waals surface area contributed by atoms with Gasteiger partial charge in [0.05, 0.1) is 12.0 Å². The van der Waals surface area contributed by atoms with Gasteiger partial charge in [-0.2, -0.15) is 0 Å². The maximum Gasteiger partial charge on any atom is 0.246 e. The van der Waals surface area contributed by atoms with Crippen molar-refractivity contribution in [3.05, 3.63) is 70.7 Å². The fourth-order valence-corrected chi connectivity index (χ4v) is 3.76. The molecule has 2 N–H and O–H groups in total. The summed E-state index contributed by atoms with van der Waals surface area (Å²) in [5.41, 5.74) is 5.22. The van der Waals surface area contributed by atoms with Gasteiger partial charge in [0, 0.05) is 11.6 Å². The maximum atomic E-state index is 12.3. The highest BCUT2D eigenvalue weighted by Crippen LogP contribution is 2.39. The van der Waals surface area contributed by atoms with Crippen LogP contribution in [-0.2, 0) is 16.1 Å². The quantitative estimate of drug-likeness (QED) is 0.839. The third-order valence-electron chi connectivity index (χ3n) is 4.59. The predicted molar refractivity (Wildman–Crippen MR) is 89.7 cm³/mol. The van der Waals surface area contributed by atoms with Gasteiger partial charge >= 0.3 is 0 Å². The summed E-state index contributed by atoms with van der Waals surface area (Å²) in [7, 11) is 0. The molecule has 2 amide bonds. The van der Waals surface area contributed by atoms with Gasteiger partial charge in [-0.05, 0) is 17.2 Å². The Hall–Kier alpha value is -2.21. The number of rotatable bonds is 3. The van der Waals surface area contributed by atoms with Gasteiger partial charge in [-0.15, -0.1) is 0 Å². The van der Waals surface area contributed by atoms with Crippen molar-refractivity contribution in [3.8, 4) is 0 Å². The molecule has 2 aliphatic heterocycles. The number of nitrogens with one attached hydrogen (secondary N) is 2. The lowest BCUT2D eigenvalue weighted by Crippen LogP contribution is -2.43. The van der Waals surface area contributed by atoms with Crippen molar-refractivity contribution in [2.75, 3.05) is 0 Å². The molecule has 0 aliphatic carbocycles. The first kappa shape index (κ1) is 15.3. The molecule has 0 unspecified atom stereocenters. The molecule has 4 rings (SSSR count). The molecule has 2 aromatic rings. The molecule has 24 heavy (non-hydrogen) atoms. The molecule has 2 fully saturated rings. The lowest BCUT2D eigenvalue weighted by atomic mass is 9.91. The lowest BCUT2D eigenvalue weighted by molar-refractivity contribution is -0.127. The number of carbonyl (C=O) groups is 2. The van der Waals surface area contributed by atoms with Crippen LogP contribution in [0.3, 0.4) is 0 Å². The number of hydrogen-bond acceptors (Lipinski definition) is 4. The number of nitrogens with zero attached hydrogens (tertiary/aromatic N) is 1. The summed E-state index contributed by atoms with van der Waals surface area (Å²) in [6.07, 6.45) is 0. The van der Waals surface area contributed by atoms with Gasteiger partial charge in [0.1, 0.15) is 6.04 Å². The summed E-state index contributed by atoms with van der Waals surface area (Å²) in [4.78, 5) is 24.6. The van der Waals surface area contributed by atoms with Crippen molar-refractivity contribution in [3.63, 3.8) is 0 Å².